The molecule has 12 heavy (non-hydrogen) atoms. The fraction of sp³-hybridized carbons (Fsp3) is 0.556. The molecule has 0 saturated heterocycles. The van der Waals surface area contributed by atoms with E-state index in [0.29, 0.717) is 6.42 Å². The van der Waals surface area contributed by atoms with Gasteiger partial charge in [-0.05, 0) is 36.2 Å². The highest BCUT2D eigenvalue weighted by Crippen LogP contribution is 2.14. The van der Waals surface area contributed by atoms with Crippen molar-refractivity contribution in [3.05, 3.63) is 22.4 Å². The summed E-state index contributed by atoms with van der Waals surface area (Å²) in [5.41, 5.74) is 6.40. The first-order chi connectivity index (χ1) is 5.50. The summed E-state index contributed by atoms with van der Waals surface area (Å²) in [5, 5.41) is 13.7. The standard InChI is InChI=1S/C9H15NOS/c1-9(2,10)8(11)5-7-3-4-12-6-7/h3-4,6,8,11H,5,10H2,1-2H3. The number of hydrogen-bond acceptors (Lipinski definition) is 3. The number of aliphatic hydroxyl groups excluding tert-OH is 1. The van der Waals surface area contributed by atoms with Crippen molar-refractivity contribution >= 4 is 11.3 Å². The molecule has 0 aliphatic rings. The van der Waals surface area contributed by atoms with Gasteiger partial charge in [0.25, 0.3) is 0 Å². The van der Waals surface area contributed by atoms with Crippen LogP contribution in [0, 0.1) is 0 Å². The van der Waals surface area contributed by atoms with Crippen molar-refractivity contribution < 1.29 is 5.11 Å². The second kappa shape index (κ2) is 3.56. The van der Waals surface area contributed by atoms with E-state index in [4.69, 9.17) is 5.73 Å². The van der Waals surface area contributed by atoms with E-state index in [-0.39, 0.29) is 0 Å². The Bertz CT molecular complexity index is 225. The van der Waals surface area contributed by atoms with Gasteiger partial charge in [0.1, 0.15) is 0 Å². The summed E-state index contributed by atoms with van der Waals surface area (Å²) in [4.78, 5) is 0. The number of hydrogen-bond donors (Lipinski definition) is 2. The van der Waals surface area contributed by atoms with Gasteiger partial charge in [0.05, 0.1) is 6.10 Å². The Morgan fingerprint density at radius 1 is 1.67 bits per heavy atom. The molecule has 0 fully saturated rings. The summed E-state index contributed by atoms with van der Waals surface area (Å²) in [7, 11) is 0. The van der Waals surface area contributed by atoms with Crippen molar-refractivity contribution in [3.8, 4) is 0 Å². The van der Waals surface area contributed by atoms with Gasteiger partial charge in [-0.2, -0.15) is 11.3 Å². The molecule has 68 valence electrons. The molecule has 0 radical (unpaired) electrons. The van der Waals surface area contributed by atoms with Crippen LogP contribution in [0.15, 0.2) is 16.8 Å². The summed E-state index contributed by atoms with van der Waals surface area (Å²) < 4.78 is 0. The highest BCUT2D eigenvalue weighted by atomic mass is 32.1. The monoisotopic (exact) mass is 185 g/mol. The first-order valence-corrected chi connectivity index (χ1v) is 4.92. The van der Waals surface area contributed by atoms with Crippen LogP contribution in [0.4, 0.5) is 0 Å². The van der Waals surface area contributed by atoms with Gasteiger partial charge < -0.3 is 10.8 Å². The van der Waals surface area contributed by atoms with Crippen LogP contribution >= 0.6 is 11.3 Å². The molecule has 0 spiro atoms. The van der Waals surface area contributed by atoms with Gasteiger partial charge in [-0.15, -0.1) is 0 Å². The third-order valence-electron chi connectivity index (χ3n) is 1.87. The minimum Gasteiger partial charge on any atom is -0.391 e. The third-order valence-corrected chi connectivity index (χ3v) is 2.60. The lowest BCUT2D eigenvalue weighted by Gasteiger charge is -2.25. The molecule has 0 aliphatic carbocycles. The number of nitrogens with two attached hydrogens (primary N) is 1. The Hall–Kier alpha value is -0.380. The van der Waals surface area contributed by atoms with Crippen LogP contribution in [-0.4, -0.2) is 16.7 Å². The lowest BCUT2D eigenvalue weighted by atomic mass is 9.94. The van der Waals surface area contributed by atoms with Crippen molar-refractivity contribution in [2.24, 2.45) is 5.73 Å². The maximum atomic E-state index is 9.64. The SMILES string of the molecule is CC(C)(N)C(O)Cc1ccsc1. The minimum atomic E-state index is -0.512. The van der Waals surface area contributed by atoms with E-state index in [1.807, 2.05) is 30.7 Å². The Morgan fingerprint density at radius 2 is 2.33 bits per heavy atom. The smallest absolute Gasteiger partial charge is 0.0754 e. The summed E-state index contributed by atoms with van der Waals surface area (Å²) in [6, 6.07) is 2.01. The molecular weight excluding hydrogens is 170 g/mol. The molecule has 3 N–H and O–H groups in total. The van der Waals surface area contributed by atoms with Gasteiger partial charge in [0, 0.05) is 12.0 Å². The molecule has 2 nitrogen and oxygen atoms in total. The average Bonchev–Trinajstić information content (AvgIpc) is 2.37. The zero-order valence-electron chi connectivity index (χ0n) is 7.45. The van der Waals surface area contributed by atoms with Gasteiger partial charge in [-0.25, -0.2) is 0 Å². The Morgan fingerprint density at radius 3 is 2.75 bits per heavy atom. The molecule has 0 aromatic carbocycles. The lowest BCUT2D eigenvalue weighted by Crippen LogP contribution is -2.46. The first kappa shape index (κ1) is 9.71. The molecule has 0 saturated carbocycles. The predicted molar refractivity (Wildman–Crippen MR) is 52.3 cm³/mol. The highest BCUT2D eigenvalue weighted by Gasteiger charge is 2.22. The fourth-order valence-corrected chi connectivity index (χ4v) is 1.58. The number of aliphatic hydroxyl groups is 1. The fourth-order valence-electron chi connectivity index (χ4n) is 0.895. The summed E-state index contributed by atoms with van der Waals surface area (Å²) in [5.74, 6) is 0. The Kier molecular flexibility index (Phi) is 2.88. The maximum Gasteiger partial charge on any atom is 0.0754 e. The van der Waals surface area contributed by atoms with E-state index in [2.05, 4.69) is 0 Å². The van der Waals surface area contributed by atoms with Crippen LogP contribution in [0.1, 0.15) is 19.4 Å². The molecule has 1 aromatic heterocycles. The van der Waals surface area contributed by atoms with Crippen molar-refractivity contribution in [3.63, 3.8) is 0 Å². The molecule has 1 rings (SSSR count). The van der Waals surface area contributed by atoms with Crippen molar-refractivity contribution in [2.75, 3.05) is 0 Å². The molecule has 1 unspecified atom stereocenters. The maximum absolute atomic E-state index is 9.64. The van der Waals surface area contributed by atoms with Crippen molar-refractivity contribution in [1.82, 2.24) is 0 Å². The summed E-state index contributed by atoms with van der Waals surface area (Å²) in [6.07, 6.45) is 0.180. The Labute approximate surface area is 77.0 Å². The molecule has 0 bridgehead atoms. The zero-order chi connectivity index (χ0) is 9.19. The van der Waals surface area contributed by atoms with Crippen LogP contribution in [0.3, 0.4) is 0 Å². The van der Waals surface area contributed by atoms with Crippen molar-refractivity contribution in [1.29, 1.82) is 0 Å². The van der Waals surface area contributed by atoms with Gasteiger partial charge in [-0.1, -0.05) is 0 Å². The van der Waals surface area contributed by atoms with Gasteiger partial charge in [0.15, 0.2) is 0 Å². The van der Waals surface area contributed by atoms with Crippen LogP contribution in [0.5, 0.6) is 0 Å². The third kappa shape index (κ3) is 2.59. The minimum absolute atomic E-state index is 0.466. The van der Waals surface area contributed by atoms with Gasteiger partial charge in [0.2, 0.25) is 0 Å². The van der Waals surface area contributed by atoms with E-state index < -0.39 is 11.6 Å². The highest BCUT2D eigenvalue weighted by molar-refractivity contribution is 7.07. The van der Waals surface area contributed by atoms with E-state index >= 15 is 0 Å². The average molecular weight is 185 g/mol. The lowest BCUT2D eigenvalue weighted by molar-refractivity contribution is 0.104. The van der Waals surface area contributed by atoms with Crippen LogP contribution in [0.2, 0.25) is 0 Å². The molecule has 0 amide bonds. The second-order valence-electron chi connectivity index (χ2n) is 3.67. The Balaban J connectivity index is 2.53. The molecule has 1 atom stereocenters. The van der Waals surface area contributed by atoms with E-state index in [1.165, 1.54) is 0 Å². The van der Waals surface area contributed by atoms with Crippen molar-refractivity contribution in [2.45, 2.75) is 31.9 Å². The van der Waals surface area contributed by atoms with Crippen LogP contribution < -0.4 is 5.73 Å². The molecule has 3 heteroatoms. The topological polar surface area (TPSA) is 46.2 Å². The predicted octanol–water partition coefficient (Wildman–Crippen LogP) is 1.39. The molecule has 1 heterocycles. The van der Waals surface area contributed by atoms with E-state index in [0.717, 1.165) is 5.56 Å². The van der Waals surface area contributed by atoms with E-state index in [9.17, 15) is 5.11 Å². The first-order valence-electron chi connectivity index (χ1n) is 3.98. The quantitative estimate of drug-likeness (QED) is 0.747. The van der Waals surface area contributed by atoms with Crippen LogP contribution in [0.25, 0.3) is 0 Å². The summed E-state index contributed by atoms with van der Waals surface area (Å²) in [6.45, 7) is 3.67. The number of rotatable bonds is 3. The molecule has 0 aliphatic heterocycles. The largest absolute Gasteiger partial charge is 0.391 e. The second-order valence-corrected chi connectivity index (χ2v) is 4.45. The number of thiophene rings is 1. The molecule has 1 aromatic rings. The normalized spacial score (nSPS) is 14.7. The summed E-state index contributed by atoms with van der Waals surface area (Å²) >= 11 is 1.64. The van der Waals surface area contributed by atoms with Gasteiger partial charge in [-0.3, -0.25) is 0 Å². The molecular formula is C9H15NOS. The van der Waals surface area contributed by atoms with Gasteiger partial charge >= 0.3 is 0 Å². The zero-order valence-corrected chi connectivity index (χ0v) is 8.27. The van der Waals surface area contributed by atoms with E-state index in [1.54, 1.807) is 11.3 Å². The van der Waals surface area contributed by atoms with Crippen LogP contribution in [-0.2, 0) is 6.42 Å².